The number of carbonyl (C=O) groups excluding carboxylic acids is 1. The zero-order valence-corrected chi connectivity index (χ0v) is 50.2. The molecule has 27 heteroatoms. The van der Waals surface area contributed by atoms with Crippen LogP contribution in [-0.2, 0) is 52.2 Å². The summed E-state index contributed by atoms with van der Waals surface area (Å²) in [6.45, 7) is 14.2. The first-order valence-corrected chi connectivity index (χ1v) is 30.7. The van der Waals surface area contributed by atoms with Crippen molar-refractivity contribution in [2.24, 2.45) is 50.2 Å². The maximum atomic E-state index is 15.2. The largest absolute Gasteiger partial charge is 0.432 e. The molecular formula is C59H96O27. The third kappa shape index (κ3) is 11.0. The highest BCUT2D eigenvalue weighted by Gasteiger charge is 2.72. The second-order valence-electron chi connectivity index (χ2n) is 28.6. The van der Waals surface area contributed by atoms with E-state index in [0.29, 0.717) is 38.5 Å². The molecule has 0 bridgehead atoms. The van der Waals surface area contributed by atoms with Gasteiger partial charge >= 0.3 is 5.97 Å². The molecule has 5 saturated heterocycles. The van der Waals surface area contributed by atoms with Gasteiger partial charge in [-0.05, 0) is 104 Å². The van der Waals surface area contributed by atoms with Gasteiger partial charge in [-0.25, -0.2) is 0 Å². The van der Waals surface area contributed by atoms with E-state index >= 15 is 4.79 Å². The van der Waals surface area contributed by atoms with Crippen molar-refractivity contribution in [3.8, 4) is 0 Å². The van der Waals surface area contributed by atoms with E-state index in [2.05, 4.69) is 40.7 Å². The Morgan fingerprint density at radius 1 is 0.547 bits per heavy atom. The normalized spacial score (nSPS) is 54.5. The van der Waals surface area contributed by atoms with Crippen molar-refractivity contribution in [3.05, 3.63) is 11.6 Å². The van der Waals surface area contributed by atoms with E-state index < -0.39 is 213 Å². The van der Waals surface area contributed by atoms with Crippen LogP contribution in [-0.4, -0.2) is 274 Å². The zero-order chi connectivity index (χ0) is 62.9. The minimum atomic E-state index is -1.95. The van der Waals surface area contributed by atoms with Gasteiger partial charge in [-0.15, -0.1) is 0 Å². The van der Waals surface area contributed by atoms with Crippen LogP contribution in [0.15, 0.2) is 11.6 Å². The minimum absolute atomic E-state index is 0.117. The summed E-state index contributed by atoms with van der Waals surface area (Å²) in [6.07, 6.45) is -32.6. The second kappa shape index (κ2) is 24.6. The smallest absolute Gasteiger partial charge is 0.315 e. The number of carbonyl (C=O) groups is 1. The van der Waals surface area contributed by atoms with E-state index in [9.17, 15) is 81.7 Å². The molecule has 0 aromatic heterocycles. The van der Waals surface area contributed by atoms with E-state index in [1.165, 1.54) is 6.92 Å². The van der Waals surface area contributed by atoms with Crippen LogP contribution < -0.4 is 0 Å². The van der Waals surface area contributed by atoms with E-state index in [-0.39, 0.29) is 29.3 Å². The number of fused-ring (bicyclic) bond motifs is 7. The van der Waals surface area contributed by atoms with Gasteiger partial charge in [0, 0.05) is 5.92 Å². The molecule has 0 radical (unpaired) electrons. The van der Waals surface area contributed by atoms with Crippen LogP contribution in [0, 0.1) is 50.2 Å². The van der Waals surface area contributed by atoms with Crippen LogP contribution >= 0.6 is 0 Å². The van der Waals surface area contributed by atoms with Crippen molar-refractivity contribution in [2.75, 3.05) is 26.4 Å². The first-order valence-electron chi connectivity index (χ1n) is 30.7. The predicted octanol–water partition coefficient (Wildman–Crippen LogP) is -3.57. The van der Waals surface area contributed by atoms with Crippen LogP contribution in [0.3, 0.4) is 0 Å². The molecule has 5 aliphatic heterocycles. The zero-order valence-electron chi connectivity index (χ0n) is 50.2. The van der Waals surface area contributed by atoms with E-state index in [0.717, 1.165) is 24.8 Å². The molecule has 10 rings (SSSR count). The average molecular weight is 1240 g/mol. The highest BCUT2D eigenvalue weighted by Crippen LogP contribution is 2.76. The molecule has 0 aromatic rings. The number of allylic oxidation sites excluding steroid dienone is 1. The predicted molar refractivity (Wildman–Crippen MR) is 289 cm³/mol. The molecule has 0 aromatic carbocycles. The van der Waals surface area contributed by atoms with Gasteiger partial charge in [0.15, 0.2) is 25.2 Å². The minimum Gasteiger partial charge on any atom is -0.432 e. The van der Waals surface area contributed by atoms with Gasteiger partial charge in [0.1, 0.15) is 110 Å². The van der Waals surface area contributed by atoms with E-state index in [1.54, 1.807) is 0 Å². The van der Waals surface area contributed by atoms with Crippen LogP contribution in [0.1, 0.15) is 113 Å². The summed E-state index contributed by atoms with van der Waals surface area (Å²) in [5.41, 5.74) is -2.55. The molecule has 33 unspecified atom stereocenters. The molecule has 494 valence electrons. The molecule has 9 fully saturated rings. The maximum absolute atomic E-state index is 15.2. The molecule has 5 aliphatic carbocycles. The fourth-order valence-electron chi connectivity index (χ4n) is 17.5. The Bertz CT molecular complexity index is 2400. The van der Waals surface area contributed by atoms with Crippen molar-refractivity contribution in [3.63, 3.8) is 0 Å². The van der Waals surface area contributed by atoms with Gasteiger partial charge in [-0.2, -0.15) is 0 Å². The van der Waals surface area contributed by atoms with Gasteiger partial charge in [0.2, 0.25) is 6.29 Å². The lowest BCUT2D eigenvalue weighted by Gasteiger charge is -2.71. The summed E-state index contributed by atoms with van der Waals surface area (Å²) in [5.74, 6) is -1.24. The standard InChI is InChI=1S/C59H96O27/c1-23-33(62)37(66)42(71)50(79-23)85-46-26(20-61)81-48(45(74)40(46)69)77-21-27-35(64)39(68)44(73)52(83-27)86-53(76)59-17-15-54(2,3)47(75)32(59)24-9-10-30-56(6)13-12-31(55(4,5)29(56)11-14-58(30,8)57(24,7)16-18-59)84-49-41(70)36(65)28(22-78-49)82-51-43(72)38(67)34(63)25(19-60)80-51/h9,23,25-52,60-75H,10-22H2,1-8H3. The summed E-state index contributed by atoms with van der Waals surface area (Å²) >= 11 is 0. The van der Waals surface area contributed by atoms with Crippen molar-refractivity contribution in [2.45, 2.75) is 273 Å². The van der Waals surface area contributed by atoms with Gasteiger partial charge < -0.3 is 129 Å². The highest BCUT2D eigenvalue weighted by molar-refractivity contribution is 5.79. The average Bonchev–Trinajstić information content (AvgIpc) is 0.680. The second-order valence-corrected chi connectivity index (χ2v) is 28.6. The van der Waals surface area contributed by atoms with Gasteiger partial charge in [0.25, 0.3) is 0 Å². The molecule has 5 heterocycles. The lowest BCUT2D eigenvalue weighted by Crippen LogP contribution is -2.67. The third-order valence-electron chi connectivity index (χ3n) is 23.3. The summed E-state index contributed by atoms with van der Waals surface area (Å²) in [6, 6.07) is 0. The molecule has 0 amide bonds. The maximum Gasteiger partial charge on any atom is 0.315 e. The van der Waals surface area contributed by atoms with Gasteiger partial charge in [-0.3, -0.25) is 4.79 Å². The SMILES string of the molecule is CC1OC(OC2C(CO)OC(OCC3OC(OC(=O)C45CCC(C)(C)C(O)C4C4=CCC6C7(C)CCC(OC8OCC(OC9OC(CO)C(O)C(O)C9O)C(O)C8O)C(C)(C)C7CCC6(C)C4(C)CC5)C(O)C(O)C3O)C(O)C2O)C(O)C(O)C1O. The fraction of sp³-hybridized carbons (Fsp3) is 0.949. The van der Waals surface area contributed by atoms with Crippen molar-refractivity contribution in [1.29, 1.82) is 0 Å². The van der Waals surface area contributed by atoms with Crippen LogP contribution in [0.25, 0.3) is 0 Å². The topological polar surface area (TPSA) is 433 Å². The highest BCUT2D eigenvalue weighted by atomic mass is 16.8. The molecular weight excluding hydrogens is 1140 g/mol. The number of aliphatic hydroxyl groups is 16. The Morgan fingerprint density at radius 2 is 1.12 bits per heavy atom. The molecule has 86 heavy (non-hydrogen) atoms. The van der Waals surface area contributed by atoms with E-state index in [4.69, 9.17) is 47.4 Å². The number of hydrogen-bond donors (Lipinski definition) is 16. The van der Waals surface area contributed by atoms with Crippen molar-refractivity contribution >= 4 is 5.97 Å². The monoisotopic (exact) mass is 1240 g/mol. The quantitative estimate of drug-likeness (QED) is 0.0482. The van der Waals surface area contributed by atoms with Gasteiger partial charge in [0.05, 0.1) is 50.2 Å². The molecule has 10 aliphatic rings. The van der Waals surface area contributed by atoms with Gasteiger partial charge in [-0.1, -0.05) is 60.1 Å². The Labute approximate surface area is 499 Å². The molecule has 16 N–H and O–H groups in total. The third-order valence-corrected chi connectivity index (χ3v) is 23.3. The Morgan fingerprint density at radius 3 is 1.78 bits per heavy atom. The first-order chi connectivity index (χ1) is 40.2. The van der Waals surface area contributed by atoms with Crippen LogP contribution in [0.2, 0.25) is 0 Å². The Balaban J connectivity index is 0.812. The Kier molecular flexibility index (Phi) is 19.2. The van der Waals surface area contributed by atoms with Crippen LogP contribution in [0.5, 0.6) is 0 Å². The lowest BCUT2D eigenvalue weighted by atomic mass is 9.33. The number of esters is 1. The molecule has 4 saturated carbocycles. The van der Waals surface area contributed by atoms with Crippen LogP contribution in [0.4, 0.5) is 0 Å². The number of rotatable bonds is 13. The number of hydrogen-bond acceptors (Lipinski definition) is 27. The molecule has 0 spiro atoms. The summed E-state index contributed by atoms with van der Waals surface area (Å²) in [7, 11) is 0. The summed E-state index contributed by atoms with van der Waals surface area (Å²) in [4.78, 5) is 15.2. The summed E-state index contributed by atoms with van der Waals surface area (Å²) < 4.78 is 58.7. The first kappa shape index (κ1) is 67.1. The van der Waals surface area contributed by atoms with Crippen molar-refractivity contribution < 1.29 is 134 Å². The summed E-state index contributed by atoms with van der Waals surface area (Å²) in [5, 5.41) is 173. The number of aliphatic hydroxyl groups excluding tert-OH is 16. The van der Waals surface area contributed by atoms with E-state index in [1.807, 2.05) is 13.8 Å². The lowest BCUT2D eigenvalue weighted by molar-refractivity contribution is -0.361. The molecule has 33 atom stereocenters. The fourth-order valence-corrected chi connectivity index (χ4v) is 17.5. The van der Waals surface area contributed by atoms with Crippen molar-refractivity contribution in [1.82, 2.24) is 0 Å². The number of ether oxygens (including phenoxy) is 10. The molecule has 27 nitrogen and oxygen atoms in total. The Hall–Kier alpha value is -1.79.